The van der Waals surface area contributed by atoms with Gasteiger partial charge in [-0.1, -0.05) is 30.2 Å². The average molecular weight is 611 g/mol. The van der Waals surface area contributed by atoms with E-state index in [0.29, 0.717) is 24.2 Å². The number of piperazine rings is 1. The minimum atomic E-state index is -0.117. The number of fused-ring (bicyclic) bond motifs is 5. The second-order valence-corrected chi connectivity index (χ2v) is 15.4. The Morgan fingerprint density at radius 1 is 0.867 bits per heavy atom. The molecule has 0 spiro atoms. The molecule has 0 aromatic carbocycles. The van der Waals surface area contributed by atoms with Crippen molar-refractivity contribution in [2.45, 2.75) is 71.6 Å². The number of anilines is 3. The van der Waals surface area contributed by atoms with Crippen molar-refractivity contribution in [3.63, 3.8) is 0 Å². The van der Waals surface area contributed by atoms with E-state index in [1.165, 1.54) is 36.8 Å². The van der Waals surface area contributed by atoms with Crippen LogP contribution in [0.25, 0.3) is 0 Å². The summed E-state index contributed by atoms with van der Waals surface area (Å²) in [7, 11) is 0. The number of allylic oxidation sites excluding steroid dienone is 6. The molecule has 45 heavy (non-hydrogen) atoms. The Morgan fingerprint density at radius 2 is 1.53 bits per heavy atom. The van der Waals surface area contributed by atoms with Gasteiger partial charge in [-0.3, -0.25) is 14.5 Å². The third-order valence-corrected chi connectivity index (χ3v) is 12.9. The van der Waals surface area contributed by atoms with Crippen molar-refractivity contribution >= 4 is 29.2 Å². The summed E-state index contributed by atoms with van der Waals surface area (Å²) in [6, 6.07) is 2.21. The van der Waals surface area contributed by atoms with E-state index < -0.39 is 0 Å². The quantitative estimate of drug-likeness (QED) is 0.407. The van der Waals surface area contributed by atoms with Crippen LogP contribution >= 0.6 is 0 Å². The maximum Gasteiger partial charge on any atom is 0.229 e. The number of Topliss-reactive ketones (excluding diaryl/α,β-unsaturated/α-hetero) is 1. The molecular weight excluding hydrogens is 560 g/mol. The van der Waals surface area contributed by atoms with Crippen molar-refractivity contribution in [1.29, 1.82) is 0 Å². The van der Waals surface area contributed by atoms with Crippen LogP contribution in [0, 0.1) is 28.6 Å². The van der Waals surface area contributed by atoms with E-state index >= 15 is 0 Å². The summed E-state index contributed by atoms with van der Waals surface area (Å²) in [5.74, 6) is 4.82. The summed E-state index contributed by atoms with van der Waals surface area (Å²) in [5.41, 5.74) is 2.72. The van der Waals surface area contributed by atoms with Crippen molar-refractivity contribution < 1.29 is 9.59 Å². The van der Waals surface area contributed by atoms with Crippen LogP contribution in [-0.2, 0) is 9.59 Å². The summed E-state index contributed by atoms with van der Waals surface area (Å²) in [4.78, 5) is 45.8. The molecular formula is C37H50N6O2. The van der Waals surface area contributed by atoms with Crippen LogP contribution < -0.4 is 14.7 Å². The standard InChI is InChI=1S/C37H50N6O2/c1-36-13-11-27(44)23-26(36)7-8-28-29-9-10-31(37(29,2)14-12-30(28)36)32(45)25-40-19-21-42(22-20-40)34-24-33(41-15-3-4-16-41)38-35(39-34)43-17-5-6-18-43/h11-13,23-24,28-29,31H,3-10,14-22,25H2,1-2H3/t28?,29?,31-,36+,37+/m1/s1. The van der Waals surface area contributed by atoms with Gasteiger partial charge in [0.2, 0.25) is 5.95 Å². The predicted molar refractivity (Wildman–Crippen MR) is 179 cm³/mol. The molecule has 4 aliphatic carbocycles. The molecule has 240 valence electrons. The minimum Gasteiger partial charge on any atom is -0.356 e. The van der Waals surface area contributed by atoms with Crippen molar-refractivity contribution in [1.82, 2.24) is 14.9 Å². The Bertz CT molecular complexity index is 1410. The zero-order chi connectivity index (χ0) is 30.8. The van der Waals surface area contributed by atoms with Gasteiger partial charge in [0.1, 0.15) is 17.4 Å². The topological polar surface area (TPSA) is 72.9 Å². The number of aromatic nitrogens is 2. The number of rotatable bonds is 6. The normalized spacial score (nSPS) is 34.8. The first-order chi connectivity index (χ1) is 21.8. The Hall–Kier alpha value is -3.00. The first-order valence-electron chi connectivity index (χ1n) is 17.9. The van der Waals surface area contributed by atoms with E-state index in [0.717, 1.165) is 102 Å². The summed E-state index contributed by atoms with van der Waals surface area (Å²) >= 11 is 0. The third kappa shape index (κ3) is 5.06. The molecule has 1 aromatic heterocycles. The predicted octanol–water partition coefficient (Wildman–Crippen LogP) is 5.21. The fourth-order valence-electron chi connectivity index (χ4n) is 10.3. The minimum absolute atomic E-state index is 0.0394. The molecule has 2 unspecified atom stereocenters. The zero-order valence-corrected chi connectivity index (χ0v) is 27.3. The Labute approximate surface area is 268 Å². The summed E-state index contributed by atoms with van der Waals surface area (Å²) in [5, 5.41) is 0. The van der Waals surface area contributed by atoms with E-state index in [4.69, 9.17) is 9.97 Å². The Balaban J connectivity index is 0.930. The number of carbonyl (C=O) groups excluding carboxylic acids is 2. The molecule has 0 radical (unpaired) electrons. The lowest BCUT2D eigenvalue weighted by atomic mass is 9.52. The summed E-state index contributed by atoms with van der Waals surface area (Å²) in [6.07, 6.45) is 18.4. The van der Waals surface area contributed by atoms with Gasteiger partial charge >= 0.3 is 0 Å². The molecule has 0 bridgehead atoms. The largest absolute Gasteiger partial charge is 0.356 e. The molecule has 0 N–H and O–H groups in total. The summed E-state index contributed by atoms with van der Waals surface area (Å²) in [6.45, 7) is 13.1. The van der Waals surface area contributed by atoms with E-state index in [-0.39, 0.29) is 22.5 Å². The molecule has 4 heterocycles. The van der Waals surface area contributed by atoms with Gasteiger partial charge in [0, 0.05) is 69.8 Å². The smallest absolute Gasteiger partial charge is 0.229 e. The Kier molecular flexibility index (Phi) is 7.42. The van der Waals surface area contributed by atoms with Gasteiger partial charge in [-0.05, 0) is 94.1 Å². The summed E-state index contributed by atoms with van der Waals surface area (Å²) < 4.78 is 0. The molecule has 0 amide bonds. The van der Waals surface area contributed by atoms with Crippen LogP contribution in [0.4, 0.5) is 17.6 Å². The van der Waals surface area contributed by atoms with Gasteiger partial charge in [0.25, 0.3) is 0 Å². The highest BCUT2D eigenvalue weighted by molar-refractivity contribution is 6.01. The van der Waals surface area contributed by atoms with Gasteiger partial charge in [0.05, 0.1) is 6.54 Å². The van der Waals surface area contributed by atoms with Crippen LogP contribution in [0.1, 0.15) is 71.6 Å². The highest BCUT2D eigenvalue weighted by Crippen LogP contribution is 2.64. The van der Waals surface area contributed by atoms with Gasteiger partial charge in [-0.15, -0.1) is 0 Å². The molecule has 2 saturated carbocycles. The van der Waals surface area contributed by atoms with E-state index in [9.17, 15) is 9.59 Å². The molecule has 7 aliphatic rings. The van der Waals surface area contributed by atoms with Gasteiger partial charge < -0.3 is 14.7 Å². The fourth-order valence-corrected chi connectivity index (χ4v) is 10.3. The molecule has 8 nitrogen and oxygen atoms in total. The monoisotopic (exact) mass is 610 g/mol. The van der Waals surface area contributed by atoms with Crippen molar-refractivity contribution in [3.8, 4) is 0 Å². The Morgan fingerprint density at radius 3 is 2.24 bits per heavy atom. The number of nitrogens with zero attached hydrogens (tertiary/aromatic N) is 6. The number of ketones is 2. The fraction of sp³-hybridized carbons (Fsp3) is 0.676. The lowest BCUT2D eigenvalue weighted by Gasteiger charge is -2.52. The van der Waals surface area contributed by atoms with Crippen LogP contribution in [0.3, 0.4) is 0 Å². The highest BCUT2D eigenvalue weighted by atomic mass is 16.1. The molecule has 1 aromatic rings. The molecule has 8 heteroatoms. The molecule has 8 rings (SSSR count). The lowest BCUT2D eigenvalue weighted by molar-refractivity contribution is -0.128. The van der Waals surface area contributed by atoms with Crippen LogP contribution in [0.2, 0.25) is 0 Å². The van der Waals surface area contributed by atoms with E-state index in [1.807, 2.05) is 6.08 Å². The van der Waals surface area contributed by atoms with Crippen LogP contribution in [0.5, 0.6) is 0 Å². The van der Waals surface area contributed by atoms with E-state index in [1.54, 1.807) is 6.08 Å². The number of carbonyl (C=O) groups is 2. The zero-order valence-electron chi connectivity index (χ0n) is 27.3. The van der Waals surface area contributed by atoms with Crippen molar-refractivity contribution in [2.24, 2.45) is 28.6 Å². The second-order valence-electron chi connectivity index (χ2n) is 15.4. The van der Waals surface area contributed by atoms with Crippen molar-refractivity contribution in [2.75, 3.05) is 73.6 Å². The molecule has 5 fully saturated rings. The van der Waals surface area contributed by atoms with Gasteiger partial charge in [-0.25, -0.2) is 0 Å². The highest BCUT2D eigenvalue weighted by Gasteiger charge is 2.57. The van der Waals surface area contributed by atoms with Gasteiger partial charge in [-0.2, -0.15) is 9.97 Å². The van der Waals surface area contributed by atoms with Gasteiger partial charge in [0.15, 0.2) is 5.78 Å². The maximum atomic E-state index is 14.0. The molecule has 3 aliphatic heterocycles. The van der Waals surface area contributed by atoms with Crippen LogP contribution in [-0.4, -0.2) is 85.3 Å². The first-order valence-corrected chi connectivity index (χ1v) is 17.9. The van der Waals surface area contributed by atoms with E-state index in [2.05, 4.69) is 51.7 Å². The second kappa shape index (κ2) is 11.4. The van der Waals surface area contributed by atoms with Crippen LogP contribution in [0.15, 0.2) is 41.5 Å². The number of hydrogen-bond donors (Lipinski definition) is 0. The average Bonchev–Trinajstić information content (AvgIpc) is 3.83. The maximum absolute atomic E-state index is 14.0. The SMILES string of the molecule is C[C@]12C=CC(=O)C=C1CCC1C2=CC[C@@]2(C)C1CC[C@@H]2C(=O)CN1CCN(c2cc(N3CCCC3)nc(N3CCCC3)n2)CC1. The molecule has 5 atom stereocenters. The third-order valence-electron chi connectivity index (χ3n) is 12.9. The number of hydrogen-bond acceptors (Lipinski definition) is 8. The first kappa shape index (κ1) is 29.4. The lowest BCUT2D eigenvalue weighted by Crippen LogP contribution is -2.50. The molecule has 3 saturated heterocycles. The van der Waals surface area contributed by atoms with Crippen molar-refractivity contribution in [3.05, 3.63) is 41.5 Å².